The van der Waals surface area contributed by atoms with E-state index in [1.54, 1.807) is 26.0 Å². The van der Waals surface area contributed by atoms with Gasteiger partial charge < -0.3 is 14.9 Å². The third-order valence-electron chi connectivity index (χ3n) is 2.46. The van der Waals surface area contributed by atoms with Crippen molar-refractivity contribution in [3.05, 3.63) is 39.7 Å². The molecule has 0 bridgehead atoms. The number of ether oxygens (including phenoxy) is 1. The smallest absolute Gasteiger partial charge is 0.365 e. The first kappa shape index (κ1) is 12.0. The minimum absolute atomic E-state index is 0.142. The average Bonchev–Trinajstić information content (AvgIpc) is 2.70. The first-order chi connectivity index (χ1) is 8.56. The summed E-state index contributed by atoms with van der Waals surface area (Å²) < 4.78 is 6.05. The molecule has 0 saturated carbocycles. The van der Waals surface area contributed by atoms with Crippen LogP contribution in [0.15, 0.2) is 18.3 Å². The predicted molar refractivity (Wildman–Crippen MR) is 62.5 cm³/mol. The molecule has 2 aromatic rings. The molecule has 94 valence electrons. The van der Waals surface area contributed by atoms with Crippen molar-refractivity contribution >= 4 is 17.4 Å². The third kappa shape index (κ3) is 1.79. The predicted octanol–water partition coefficient (Wildman–Crippen LogP) is 1.73. The fourth-order valence-electron chi connectivity index (χ4n) is 1.70. The molecule has 0 unspecified atom stereocenters. The van der Waals surface area contributed by atoms with Crippen molar-refractivity contribution in [3.63, 3.8) is 0 Å². The summed E-state index contributed by atoms with van der Waals surface area (Å²) in [5, 5.41) is 11.1. The van der Waals surface area contributed by atoms with Crippen LogP contribution in [-0.4, -0.2) is 26.9 Å². The van der Waals surface area contributed by atoms with Crippen molar-refractivity contribution in [1.82, 2.24) is 9.38 Å². The Bertz CT molecular complexity index is 632. The quantitative estimate of drug-likeness (QED) is 0.469. The molecule has 0 saturated heterocycles. The van der Waals surface area contributed by atoms with Crippen LogP contribution in [0, 0.1) is 17.0 Å². The van der Waals surface area contributed by atoms with Crippen LogP contribution in [0.25, 0.3) is 5.65 Å². The zero-order valence-electron chi connectivity index (χ0n) is 9.91. The molecule has 0 aliphatic rings. The van der Waals surface area contributed by atoms with E-state index in [9.17, 15) is 14.9 Å². The molecule has 2 rings (SSSR count). The summed E-state index contributed by atoms with van der Waals surface area (Å²) in [5.41, 5.74) is 0.861. The maximum atomic E-state index is 11.6. The van der Waals surface area contributed by atoms with Crippen molar-refractivity contribution in [3.8, 4) is 0 Å². The third-order valence-corrected chi connectivity index (χ3v) is 2.46. The Morgan fingerprint density at radius 1 is 1.61 bits per heavy atom. The van der Waals surface area contributed by atoms with Gasteiger partial charge in [-0.15, -0.1) is 0 Å². The summed E-state index contributed by atoms with van der Waals surface area (Å²) in [4.78, 5) is 26.1. The number of aryl methyl sites for hydroxylation is 1. The number of imidazole rings is 1. The highest BCUT2D eigenvalue weighted by atomic mass is 16.6. The fourth-order valence-corrected chi connectivity index (χ4v) is 1.70. The zero-order valence-corrected chi connectivity index (χ0v) is 9.91. The van der Waals surface area contributed by atoms with Crippen molar-refractivity contribution in [2.24, 2.45) is 0 Å². The topological polar surface area (TPSA) is 86.7 Å². The van der Waals surface area contributed by atoms with Crippen LogP contribution in [0.2, 0.25) is 0 Å². The summed E-state index contributed by atoms with van der Waals surface area (Å²) >= 11 is 0. The van der Waals surface area contributed by atoms with E-state index < -0.39 is 10.9 Å². The van der Waals surface area contributed by atoms with Crippen molar-refractivity contribution in [1.29, 1.82) is 0 Å². The zero-order chi connectivity index (χ0) is 13.3. The fraction of sp³-hybridized carbons (Fsp3) is 0.273. The number of carbonyl (C=O) groups excluding carboxylic acids is 1. The highest BCUT2D eigenvalue weighted by molar-refractivity contribution is 5.92. The summed E-state index contributed by atoms with van der Waals surface area (Å²) in [7, 11) is 0. The van der Waals surface area contributed by atoms with Gasteiger partial charge in [-0.2, -0.15) is 9.38 Å². The van der Waals surface area contributed by atoms with E-state index >= 15 is 0 Å². The molecular weight excluding hydrogens is 238 g/mol. The molecule has 0 radical (unpaired) electrons. The summed E-state index contributed by atoms with van der Waals surface area (Å²) in [6, 6.07) is 3.42. The largest absolute Gasteiger partial charge is 0.461 e. The second-order valence-electron chi connectivity index (χ2n) is 3.65. The van der Waals surface area contributed by atoms with Crippen LogP contribution >= 0.6 is 0 Å². The summed E-state index contributed by atoms with van der Waals surface area (Å²) in [5.74, 6) is -1.15. The first-order valence-corrected chi connectivity index (χ1v) is 5.35. The van der Waals surface area contributed by atoms with Crippen molar-refractivity contribution in [2.75, 3.05) is 6.61 Å². The Labute approximate surface area is 102 Å². The van der Waals surface area contributed by atoms with Gasteiger partial charge in [-0.25, -0.2) is 4.79 Å². The monoisotopic (exact) mass is 249 g/mol. The minimum atomic E-state index is -0.785. The van der Waals surface area contributed by atoms with Gasteiger partial charge in [0, 0.05) is 5.56 Å². The lowest BCUT2D eigenvalue weighted by atomic mass is 10.3. The van der Waals surface area contributed by atoms with E-state index in [1.807, 2.05) is 0 Å². The number of hydrogen-bond acceptors (Lipinski definition) is 5. The Balaban J connectivity index is 2.73. The Hall–Kier alpha value is -2.44. The maximum absolute atomic E-state index is 11.6. The minimum Gasteiger partial charge on any atom is -0.461 e. The van der Waals surface area contributed by atoms with Crippen LogP contribution in [0.5, 0.6) is 0 Å². The molecule has 18 heavy (non-hydrogen) atoms. The maximum Gasteiger partial charge on any atom is 0.365 e. The number of fused-ring (bicyclic) bond motifs is 1. The first-order valence-electron chi connectivity index (χ1n) is 5.35. The number of nitrogens with zero attached hydrogens (tertiary/aromatic N) is 3. The van der Waals surface area contributed by atoms with E-state index in [2.05, 4.69) is 4.98 Å². The van der Waals surface area contributed by atoms with Gasteiger partial charge in [0.25, 0.3) is 0 Å². The summed E-state index contributed by atoms with van der Waals surface area (Å²) in [6.45, 7) is 3.54. The molecule has 7 nitrogen and oxygen atoms in total. The van der Waals surface area contributed by atoms with E-state index in [-0.39, 0.29) is 18.1 Å². The van der Waals surface area contributed by atoms with Crippen LogP contribution in [0.1, 0.15) is 23.0 Å². The van der Waals surface area contributed by atoms with E-state index in [0.29, 0.717) is 5.65 Å². The Morgan fingerprint density at radius 2 is 2.33 bits per heavy atom. The van der Waals surface area contributed by atoms with Crippen molar-refractivity contribution in [2.45, 2.75) is 13.8 Å². The van der Waals surface area contributed by atoms with Crippen LogP contribution in [-0.2, 0) is 4.74 Å². The molecule has 2 aromatic heterocycles. The molecule has 0 N–H and O–H groups in total. The second kappa shape index (κ2) is 4.44. The number of nitro groups is 1. The highest BCUT2D eigenvalue weighted by Crippen LogP contribution is 2.23. The van der Waals surface area contributed by atoms with Gasteiger partial charge in [0.1, 0.15) is 0 Å². The Kier molecular flexibility index (Phi) is 2.97. The van der Waals surface area contributed by atoms with E-state index in [1.165, 1.54) is 10.6 Å². The standard InChI is InChI=1S/C11H11N3O4/c1-3-18-11(15)8-10(14(16)17)13-6-4-5-7(2)9(13)12-8/h4-6H,3H2,1-2H3. The molecular formula is C11H11N3O4. The normalized spacial score (nSPS) is 10.6. The molecule has 0 aliphatic carbocycles. The highest BCUT2D eigenvalue weighted by Gasteiger charge is 2.29. The number of pyridine rings is 1. The molecule has 2 heterocycles. The van der Waals surface area contributed by atoms with Gasteiger partial charge in [-0.3, -0.25) is 0 Å². The lowest BCUT2D eigenvalue weighted by molar-refractivity contribution is -0.390. The lowest BCUT2D eigenvalue weighted by Gasteiger charge is -1.98. The van der Waals surface area contributed by atoms with Gasteiger partial charge in [0.15, 0.2) is 0 Å². The van der Waals surface area contributed by atoms with Gasteiger partial charge in [-0.1, -0.05) is 0 Å². The molecule has 0 amide bonds. The van der Waals surface area contributed by atoms with Crippen LogP contribution in [0.4, 0.5) is 5.82 Å². The van der Waals surface area contributed by atoms with Crippen LogP contribution in [0.3, 0.4) is 0 Å². The number of aromatic nitrogens is 2. The molecule has 0 spiro atoms. The molecule has 0 fully saturated rings. The van der Waals surface area contributed by atoms with Gasteiger partial charge in [0.05, 0.1) is 12.8 Å². The Morgan fingerprint density at radius 3 is 2.94 bits per heavy atom. The number of rotatable bonds is 3. The average molecular weight is 249 g/mol. The van der Waals surface area contributed by atoms with Gasteiger partial charge >= 0.3 is 11.8 Å². The van der Waals surface area contributed by atoms with E-state index in [0.717, 1.165) is 5.56 Å². The SMILES string of the molecule is CCOC(=O)c1nc2c(C)cccn2c1[N+](=O)[O-]. The summed E-state index contributed by atoms with van der Waals surface area (Å²) in [6.07, 6.45) is 1.50. The molecule has 0 atom stereocenters. The molecule has 0 aromatic carbocycles. The molecule has 7 heteroatoms. The number of hydrogen-bond donors (Lipinski definition) is 0. The number of carbonyl (C=O) groups is 1. The van der Waals surface area contributed by atoms with Crippen molar-refractivity contribution < 1.29 is 14.5 Å². The second-order valence-corrected chi connectivity index (χ2v) is 3.65. The van der Waals surface area contributed by atoms with E-state index in [4.69, 9.17) is 4.74 Å². The van der Waals surface area contributed by atoms with Crippen LogP contribution < -0.4 is 0 Å². The van der Waals surface area contributed by atoms with Gasteiger partial charge in [-0.05, 0) is 30.9 Å². The molecule has 0 aliphatic heterocycles. The number of esters is 1. The lowest BCUT2D eigenvalue weighted by Crippen LogP contribution is -2.08. The van der Waals surface area contributed by atoms with Gasteiger partial charge in [0.2, 0.25) is 11.3 Å².